The molecule has 1 aliphatic heterocycles. The molecule has 1 unspecified atom stereocenters. The van der Waals surface area contributed by atoms with Gasteiger partial charge < -0.3 is 20.1 Å². The molecular formula is C42H54Cl2N4O5. The highest BCUT2D eigenvalue weighted by Gasteiger charge is 2.30. The number of halogens is 2. The predicted octanol–water partition coefficient (Wildman–Crippen LogP) is 10.9. The molecule has 0 saturated carbocycles. The maximum absolute atomic E-state index is 13.3. The van der Waals surface area contributed by atoms with Gasteiger partial charge in [0.1, 0.15) is 23.0 Å². The van der Waals surface area contributed by atoms with E-state index in [0.29, 0.717) is 23.6 Å². The third-order valence-electron chi connectivity index (χ3n) is 9.27. The highest BCUT2D eigenvalue weighted by Crippen LogP contribution is 2.39. The number of rotatable bonds is 22. The molecule has 0 aromatic heterocycles. The summed E-state index contributed by atoms with van der Waals surface area (Å²) in [6, 6.07) is 17.6. The van der Waals surface area contributed by atoms with E-state index in [4.69, 9.17) is 32.7 Å². The second-order valence-electron chi connectivity index (χ2n) is 13.5. The van der Waals surface area contributed by atoms with E-state index in [0.717, 1.165) is 17.9 Å². The van der Waals surface area contributed by atoms with Crippen LogP contribution in [0.4, 0.5) is 11.4 Å². The zero-order chi connectivity index (χ0) is 38.0. The van der Waals surface area contributed by atoms with Gasteiger partial charge in [0.15, 0.2) is 6.10 Å². The van der Waals surface area contributed by atoms with Crippen LogP contribution in [0.15, 0.2) is 65.8 Å². The van der Waals surface area contributed by atoms with Gasteiger partial charge in [-0.3, -0.25) is 14.4 Å². The van der Waals surface area contributed by atoms with Crippen molar-refractivity contribution in [2.24, 2.45) is 5.10 Å². The van der Waals surface area contributed by atoms with E-state index in [2.05, 4.69) is 28.7 Å². The van der Waals surface area contributed by atoms with E-state index >= 15 is 0 Å². The van der Waals surface area contributed by atoms with Gasteiger partial charge in [0.25, 0.3) is 17.7 Å². The van der Waals surface area contributed by atoms with Crippen LogP contribution in [0.5, 0.6) is 11.5 Å². The third kappa shape index (κ3) is 13.4. The van der Waals surface area contributed by atoms with Crippen molar-refractivity contribution in [1.82, 2.24) is 5.32 Å². The average molecular weight is 766 g/mol. The van der Waals surface area contributed by atoms with Crippen LogP contribution in [0.3, 0.4) is 0 Å². The molecule has 0 aliphatic carbocycles. The number of benzene rings is 3. The summed E-state index contributed by atoms with van der Waals surface area (Å²) in [7, 11) is 1.48. The predicted molar refractivity (Wildman–Crippen MR) is 216 cm³/mol. The summed E-state index contributed by atoms with van der Waals surface area (Å²) in [6.07, 6.45) is 17.8. The lowest BCUT2D eigenvalue weighted by atomic mass is 10.0. The quantitative estimate of drug-likeness (QED) is 0.0990. The minimum absolute atomic E-state index is 0.133. The molecule has 1 atom stereocenters. The molecule has 286 valence electrons. The summed E-state index contributed by atoms with van der Waals surface area (Å²) < 4.78 is 11.3. The number of methoxy groups -OCH3 is 1. The molecule has 3 amide bonds. The fourth-order valence-electron chi connectivity index (χ4n) is 6.31. The van der Waals surface area contributed by atoms with Crippen molar-refractivity contribution < 1.29 is 23.9 Å². The number of aryl methyl sites for hydroxylation is 1. The number of hydrogen-bond donors (Lipinski definition) is 2. The summed E-state index contributed by atoms with van der Waals surface area (Å²) in [6.45, 7) is 4.16. The van der Waals surface area contributed by atoms with Crippen LogP contribution < -0.4 is 25.1 Å². The van der Waals surface area contributed by atoms with Crippen LogP contribution in [0, 0.1) is 0 Å². The maximum Gasteiger partial charge on any atom is 0.265 e. The van der Waals surface area contributed by atoms with E-state index in [1.807, 2.05) is 25.1 Å². The minimum atomic E-state index is -0.722. The maximum atomic E-state index is 13.3. The Labute approximate surface area is 324 Å². The molecule has 53 heavy (non-hydrogen) atoms. The number of amides is 3. The van der Waals surface area contributed by atoms with Crippen LogP contribution in [0.1, 0.15) is 126 Å². The van der Waals surface area contributed by atoms with Gasteiger partial charge in [-0.05, 0) is 55.2 Å². The number of carbonyl (C=O) groups excluding carboxylic acids is 3. The first-order chi connectivity index (χ1) is 25.7. The van der Waals surface area contributed by atoms with E-state index in [1.54, 1.807) is 24.3 Å². The molecule has 0 bridgehead atoms. The minimum Gasteiger partial charge on any atom is -0.497 e. The van der Waals surface area contributed by atoms with Gasteiger partial charge in [-0.15, -0.1) is 0 Å². The monoisotopic (exact) mass is 764 g/mol. The highest BCUT2D eigenvalue weighted by atomic mass is 35.5. The van der Waals surface area contributed by atoms with Crippen LogP contribution >= 0.6 is 23.2 Å². The first kappa shape index (κ1) is 41.7. The highest BCUT2D eigenvalue weighted by molar-refractivity contribution is 6.40. The van der Waals surface area contributed by atoms with Gasteiger partial charge in [-0.2, -0.15) is 10.1 Å². The molecule has 0 spiro atoms. The number of hydrazone groups is 1. The molecule has 11 heteroatoms. The van der Waals surface area contributed by atoms with Crippen molar-refractivity contribution in [3.8, 4) is 11.5 Å². The fraction of sp³-hybridized carbons (Fsp3) is 0.476. The van der Waals surface area contributed by atoms with Crippen LogP contribution in [-0.2, 0) is 16.0 Å². The van der Waals surface area contributed by atoms with Crippen molar-refractivity contribution >= 4 is 58.1 Å². The summed E-state index contributed by atoms with van der Waals surface area (Å²) in [5, 5.41) is 11.2. The summed E-state index contributed by atoms with van der Waals surface area (Å²) in [5.74, 6) is -0.00225. The molecule has 1 aliphatic rings. The lowest BCUT2D eigenvalue weighted by Gasteiger charge is -2.18. The van der Waals surface area contributed by atoms with Gasteiger partial charge in [0, 0.05) is 23.4 Å². The number of anilines is 2. The van der Waals surface area contributed by atoms with Crippen LogP contribution in [0.25, 0.3) is 0 Å². The van der Waals surface area contributed by atoms with E-state index < -0.39 is 17.9 Å². The second kappa shape index (κ2) is 22.2. The Kier molecular flexibility index (Phi) is 17.5. The SMILES string of the molecule is CCCCCCCCCCCCCCCc1cccc(OC(CC)C(=O)Nc2cccc(C(=O)NC3=NN(c4c(Cl)cc(OC)cc4Cl)C(=O)C3)c2)c1. The number of nitrogens with zero attached hydrogens (tertiary/aromatic N) is 2. The first-order valence-electron chi connectivity index (χ1n) is 19.1. The average Bonchev–Trinajstić information content (AvgIpc) is 3.50. The molecule has 4 rings (SSSR count). The molecule has 9 nitrogen and oxygen atoms in total. The largest absolute Gasteiger partial charge is 0.497 e. The van der Waals surface area contributed by atoms with Crippen LogP contribution in [0.2, 0.25) is 10.0 Å². The molecule has 2 N–H and O–H groups in total. The lowest BCUT2D eigenvalue weighted by molar-refractivity contribution is -0.122. The Morgan fingerprint density at radius 2 is 1.42 bits per heavy atom. The second-order valence-corrected chi connectivity index (χ2v) is 14.4. The summed E-state index contributed by atoms with van der Waals surface area (Å²) >= 11 is 12.7. The number of unbranched alkanes of at least 4 members (excludes halogenated alkanes) is 12. The van der Waals surface area contributed by atoms with Gasteiger partial charge in [-0.25, -0.2) is 0 Å². The normalized spacial score (nSPS) is 13.1. The number of hydrogen-bond acceptors (Lipinski definition) is 6. The van der Waals surface area contributed by atoms with Crippen molar-refractivity contribution in [3.05, 3.63) is 81.8 Å². The molecular weight excluding hydrogens is 711 g/mol. The zero-order valence-corrected chi connectivity index (χ0v) is 32.9. The summed E-state index contributed by atoms with van der Waals surface area (Å²) in [4.78, 5) is 39.2. The van der Waals surface area contributed by atoms with Gasteiger partial charge in [0.05, 0.1) is 23.6 Å². The standard InChI is InChI=1S/C42H54Cl2N4O5/c1-4-6-7-8-9-10-11-12-13-14-15-16-17-20-30-21-18-24-33(25-30)53-37(5-2)42(51)45-32-23-19-22-31(26-32)41(50)46-38-29-39(49)48(47-38)40-35(43)27-34(52-3)28-36(40)44/h18-19,21-28,37H,4-17,20,29H2,1-3H3,(H,45,51)(H,46,47,50). The topological polar surface area (TPSA) is 109 Å². The Morgan fingerprint density at radius 3 is 2.04 bits per heavy atom. The lowest BCUT2D eigenvalue weighted by Crippen LogP contribution is -2.32. The Hall–Kier alpha value is -4.08. The third-order valence-corrected chi connectivity index (χ3v) is 9.85. The van der Waals surface area contributed by atoms with Crippen molar-refractivity contribution in [3.63, 3.8) is 0 Å². The number of amidine groups is 1. The van der Waals surface area contributed by atoms with Gasteiger partial charge in [0.2, 0.25) is 0 Å². The first-order valence-corrected chi connectivity index (χ1v) is 19.9. The van der Waals surface area contributed by atoms with Crippen molar-refractivity contribution in [1.29, 1.82) is 0 Å². The molecule has 0 saturated heterocycles. The molecule has 0 radical (unpaired) electrons. The van der Waals surface area contributed by atoms with Crippen molar-refractivity contribution in [2.75, 3.05) is 17.4 Å². The molecule has 0 fully saturated rings. The molecule has 3 aromatic carbocycles. The Bertz CT molecular complexity index is 1670. The zero-order valence-electron chi connectivity index (χ0n) is 31.4. The number of carbonyl (C=O) groups is 3. The smallest absolute Gasteiger partial charge is 0.265 e. The number of ether oxygens (including phenoxy) is 2. The van der Waals surface area contributed by atoms with E-state index in [1.165, 1.54) is 102 Å². The van der Waals surface area contributed by atoms with Crippen molar-refractivity contribution in [2.45, 2.75) is 123 Å². The van der Waals surface area contributed by atoms with E-state index in [-0.39, 0.29) is 39.5 Å². The van der Waals surface area contributed by atoms with E-state index in [9.17, 15) is 14.4 Å². The molecule has 3 aromatic rings. The number of nitrogens with one attached hydrogen (secondary N) is 2. The Balaban J connectivity index is 1.22. The molecule has 1 heterocycles. The fourth-order valence-corrected chi connectivity index (χ4v) is 6.94. The summed E-state index contributed by atoms with van der Waals surface area (Å²) in [5.41, 5.74) is 2.10. The van der Waals surface area contributed by atoms with Crippen LogP contribution in [-0.4, -0.2) is 36.8 Å². The Morgan fingerprint density at radius 1 is 0.792 bits per heavy atom. The van der Waals surface area contributed by atoms with Gasteiger partial charge >= 0.3 is 0 Å². The van der Waals surface area contributed by atoms with Gasteiger partial charge in [-0.1, -0.05) is 132 Å².